The van der Waals surface area contributed by atoms with Crippen LogP contribution in [0.15, 0.2) is 48.5 Å². The maximum Gasteiger partial charge on any atom is 0.119 e. The molecule has 0 bridgehead atoms. The summed E-state index contributed by atoms with van der Waals surface area (Å²) in [5, 5.41) is 12.2. The maximum absolute atomic E-state index is 8.89. The Labute approximate surface area is 119 Å². The van der Waals surface area contributed by atoms with E-state index in [0.29, 0.717) is 12.2 Å². The third kappa shape index (κ3) is 4.03. The number of nitrogens with one attached hydrogen (secondary N) is 1. The van der Waals surface area contributed by atoms with E-state index >= 15 is 0 Å². The first-order valence-electron chi connectivity index (χ1n) is 6.72. The number of rotatable bonds is 6. The van der Waals surface area contributed by atoms with Crippen molar-refractivity contribution in [3.05, 3.63) is 59.7 Å². The van der Waals surface area contributed by atoms with Crippen molar-refractivity contribution in [2.75, 3.05) is 18.5 Å². The molecule has 102 valence electrons. The topological polar surface area (TPSA) is 45.0 Å². The molecule has 2 aromatic rings. The molecule has 0 spiro atoms. The summed E-state index contributed by atoms with van der Waals surface area (Å²) in [4.78, 5) is 0. The molecule has 0 fully saturated rings. The first-order chi connectivity index (χ1) is 9.79. The van der Waals surface area contributed by atoms with Gasteiger partial charge in [0, 0.05) is 12.2 Å². The van der Waals surface area contributed by atoms with Gasteiger partial charge in [-0.1, -0.05) is 24.3 Å². The number of nitriles is 1. The van der Waals surface area contributed by atoms with Gasteiger partial charge in [0.2, 0.25) is 0 Å². The van der Waals surface area contributed by atoms with Crippen LogP contribution in [-0.4, -0.2) is 13.2 Å². The Hall–Kier alpha value is -2.47. The lowest BCUT2D eigenvalue weighted by molar-refractivity contribution is 0.315. The SMILES string of the molecule is Cc1ccc(C#N)cc1NCCCOc1ccccc1. The van der Waals surface area contributed by atoms with Gasteiger partial charge in [0.25, 0.3) is 0 Å². The fourth-order valence-electron chi connectivity index (χ4n) is 1.88. The second-order valence-corrected chi connectivity index (χ2v) is 4.58. The van der Waals surface area contributed by atoms with Crippen LogP contribution in [0.3, 0.4) is 0 Å². The van der Waals surface area contributed by atoms with Gasteiger partial charge in [-0.3, -0.25) is 0 Å². The minimum absolute atomic E-state index is 0.675. The van der Waals surface area contributed by atoms with Gasteiger partial charge in [-0.25, -0.2) is 0 Å². The second kappa shape index (κ2) is 7.20. The average molecular weight is 266 g/mol. The van der Waals surface area contributed by atoms with E-state index in [1.54, 1.807) is 0 Å². The molecule has 1 N–H and O–H groups in total. The van der Waals surface area contributed by atoms with Crippen molar-refractivity contribution < 1.29 is 4.74 Å². The highest BCUT2D eigenvalue weighted by molar-refractivity contribution is 5.55. The summed E-state index contributed by atoms with van der Waals surface area (Å²) < 4.78 is 5.63. The van der Waals surface area contributed by atoms with Crippen LogP contribution in [0.2, 0.25) is 0 Å². The van der Waals surface area contributed by atoms with E-state index in [1.807, 2.05) is 55.5 Å². The van der Waals surface area contributed by atoms with Crippen LogP contribution in [0.25, 0.3) is 0 Å². The summed E-state index contributed by atoms with van der Waals surface area (Å²) in [6, 6.07) is 17.6. The van der Waals surface area contributed by atoms with Crippen molar-refractivity contribution in [1.29, 1.82) is 5.26 Å². The molecular formula is C17H18N2O. The lowest BCUT2D eigenvalue weighted by atomic mass is 10.1. The molecule has 0 saturated heterocycles. The van der Waals surface area contributed by atoms with Gasteiger partial charge < -0.3 is 10.1 Å². The predicted octanol–water partition coefficient (Wildman–Crippen LogP) is 3.75. The van der Waals surface area contributed by atoms with Crippen molar-refractivity contribution in [3.8, 4) is 11.8 Å². The van der Waals surface area contributed by atoms with Crippen LogP contribution in [-0.2, 0) is 0 Å². The standard InChI is InChI=1S/C17H18N2O/c1-14-8-9-15(13-18)12-17(14)19-10-5-11-20-16-6-3-2-4-7-16/h2-4,6-9,12,19H,5,10-11H2,1H3. The van der Waals surface area contributed by atoms with Gasteiger partial charge in [0.05, 0.1) is 18.2 Å². The fraction of sp³-hybridized carbons (Fsp3) is 0.235. The maximum atomic E-state index is 8.89. The number of anilines is 1. The number of nitrogens with zero attached hydrogens (tertiary/aromatic N) is 1. The van der Waals surface area contributed by atoms with E-state index in [-0.39, 0.29) is 0 Å². The molecule has 0 aliphatic carbocycles. The van der Waals surface area contributed by atoms with Gasteiger partial charge in [-0.15, -0.1) is 0 Å². The number of benzene rings is 2. The average Bonchev–Trinajstić information content (AvgIpc) is 2.50. The first kappa shape index (κ1) is 14.0. The lowest BCUT2D eigenvalue weighted by Gasteiger charge is -2.10. The molecule has 3 heteroatoms. The van der Waals surface area contributed by atoms with Gasteiger partial charge in [0.1, 0.15) is 5.75 Å². The zero-order valence-electron chi connectivity index (χ0n) is 11.6. The van der Waals surface area contributed by atoms with Gasteiger partial charge in [-0.2, -0.15) is 5.26 Å². The van der Waals surface area contributed by atoms with E-state index in [1.165, 1.54) is 0 Å². The smallest absolute Gasteiger partial charge is 0.119 e. The van der Waals surface area contributed by atoms with Crippen LogP contribution in [0, 0.1) is 18.3 Å². The number of aryl methyl sites for hydroxylation is 1. The number of ether oxygens (including phenoxy) is 1. The normalized spacial score (nSPS) is 9.80. The summed E-state index contributed by atoms with van der Waals surface area (Å²) in [6.07, 6.45) is 0.908. The summed E-state index contributed by atoms with van der Waals surface area (Å²) in [5.74, 6) is 0.898. The molecule has 0 atom stereocenters. The highest BCUT2D eigenvalue weighted by atomic mass is 16.5. The first-order valence-corrected chi connectivity index (χ1v) is 6.72. The van der Waals surface area contributed by atoms with E-state index < -0.39 is 0 Å². The molecule has 0 amide bonds. The molecule has 0 heterocycles. The Morgan fingerprint density at radius 1 is 1.15 bits per heavy atom. The number of hydrogen-bond donors (Lipinski definition) is 1. The highest BCUT2D eigenvalue weighted by Gasteiger charge is 1.99. The Kier molecular flexibility index (Phi) is 5.02. The summed E-state index contributed by atoms with van der Waals surface area (Å²) in [6.45, 7) is 3.53. The third-order valence-electron chi connectivity index (χ3n) is 3.02. The molecule has 0 aliphatic rings. The van der Waals surface area contributed by atoms with Crippen molar-refractivity contribution in [1.82, 2.24) is 0 Å². The summed E-state index contributed by atoms with van der Waals surface area (Å²) >= 11 is 0. The van der Waals surface area contributed by atoms with E-state index in [4.69, 9.17) is 10.00 Å². The lowest BCUT2D eigenvalue weighted by Crippen LogP contribution is -2.08. The van der Waals surface area contributed by atoms with E-state index in [9.17, 15) is 0 Å². The van der Waals surface area contributed by atoms with Crippen molar-refractivity contribution in [2.45, 2.75) is 13.3 Å². The molecule has 3 nitrogen and oxygen atoms in total. The molecular weight excluding hydrogens is 248 g/mol. The van der Waals surface area contributed by atoms with Crippen molar-refractivity contribution in [2.24, 2.45) is 0 Å². The monoisotopic (exact) mass is 266 g/mol. The van der Waals surface area contributed by atoms with Crippen LogP contribution in [0.5, 0.6) is 5.75 Å². The third-order valence-corrected chi connectivity index (χ3v) is 3.02. The van der Waals surface area contributed by atoms with Crippen LogP contribution < -0.4 is 10.1 Å². The molecule has 0 unspecified atom stereocenters. The van der Waals surface area contributed by atoms with E-state index in [2.05, 4.69) is 11.4 Å². The highest BCUT2D eigenvalue weighted by Crippen LogP contribution is 2.16. The second-order valence-electron chi connectivity index (χ2n) is 4.58. The Morgan fingerprint density at radius 3 is 2.70 bits per heavy atom. The van der Waals surface area contributed by atoms with Gasteiger partial charge >= 0.3 is 0 Å². The van der Waals surface area contributed by atoms with Gasteiger partial charge in [0.15, 0.2) is 0 Å². The Morgan fingerprint density at radius 2 is 1.95 bits per heavy atom. The van der Waals surface area contributed by atoms with Crippen molar-refractivity contribution >= 4 is 5.69 Å². The molecule has 2 rings (SSSR count). The predicted molar refractivity (Wildman–Crippen MR) is 80.9 cm³/mol. The molecule has 0 aliphatic heterocycles. The summed E-state index contributed by atoms with van der Waals surface area (Å²) in [5.41, 5.74) is 2.84. The van der Waals surface area contributed by atoms with Gasteiger partial charge in [-0.05, 0) is 43.2 Å². The fourth-order valence-corrected chi connectivity index (χ4v) is 1.88. The Bertz CT molecular complexity index is 588. The van der Waals surface area contributed by atoms with Crippen LogP contribution >= 0.6 is 0 Å². The molecule has 2 aromatic carbocycles. The largest absolute Gasteiger partial charge is 0.494 e. The summed E-state index contributed by atoms with van der Waals surface area (Å²) in [7, 11) is 0. The number of hydrogen-bond acceptors (Lipinski definition) is 3. The van der Waals surface area contributed by atoms with Crippen molar-refractivity contribution in [3.63, 3.8) is 0 Å². The zero-order valence-corrected chi connectivity index (χ0v) is 11.6. The quantitative estimate of drug-likeness (QED) is 0.810. The minimum atomic E-state index is 0.675. The molecule has 0 aromatic heterocycles. The van der Waals surface area contributed by atoms with Crippen LogP contribution in [0.1, 0.15) is 17.5 Å². The number of para-hydroxylation sites is 1. The Balaban J connectivity index is 1.75. The molecule has 0 radical (unpaired) electrons. The van der Waals surface area contributed by atoms with E-state index in [0.717, 1.165) is 30.0 Å². The zero-order chi connectivity index (χ0) is 14.2. The molecule has 20 heavy (non-hydrogen) atoms. The van der Waals surface area contributed by atoms with Crippen LogP contribution in [0.4, 0.5) is 5.69 Å². The minimum Gasteiger partial charge on any atom is -0.494 e. The molecule has 0 saturated carbocycles.